The third kappa shape index (κ3) is 3.16. The van der Waals surface area contributed by atoms with Crippen LogP contribution in [-0.4, -0.2) is 0 Å². The lowest BCUT2D eigenvalue weighted by Crippen LogP contribution is -2.05. The van der Waals surface area contributed by atoms with Crippen LogP contribution in [0.25, 0.3) is 0 Å². The zero-order chi connectivity index (χ0) is 13.0. The van der Waals surface area contributed by atoms with Gasteiger partial charge < -0.3 is 10.6 Å². The van der Waals surface area contributed by atoms with E-state index in [1.54, 1.807) is 24.6 Å². The van der Waals surface area contributed by atoms with Gasteiger partial charge in [-0.3, -0.25) is 0 Å². The molecule has 0 spiro atoms. The predicted molar refractivity (Wildman–Crippen MR) is 64.6 cm³/mol. The molecule has 94 valence electrons. The molecule has 1 aliphatic rings. The van der Waals surface area contributed by atoms with Gasteiger partial charge in [0.05, 0.1) is 5.56 Å². The first kappa shape index (κ1) is 12.3. The summed E-state index contributed by atoms with van der Waals surface area (Å²) in [6.07, 6.45) is 4.58. The molecule has 0 amide bonds. The van der Waals surface area contributed by atoms with Gasteiger partial charge in [0, 0.05) is 23.8 Å². The molecule has 0 bridgehead atoms. The summed E-state index contributed by atoms with van der Waals surface area (Å²) in [4.78, 5) is 0. The topological polar surface area (TPSA) is 24.1 Å². The van der Waals surface area contributed by atoms with Crippen molar-refractivity contribution in [3.05, 3.63) is 66.2 Å². The SMILES string of the molecule is FC(F)(F)c1ccc(NC2=CC=CNC=C2)cc1. The highest BCUT2D eigenvalue weighted by Crippen LogP contribution is 2.30. The van der Waals surface area contributed by atoms with Crippen molar-refractivity contribution in [1.29, 1.82) is 0 Å². The molecule has 2 N–H and O–H groups in total. The van der Waals surface area contributed by atoms with Crippen molar-refractivity contribution >= 4 is 5.69 Å². The number of allylic oxidation sites excluding steroid dienone is 3. The Hall–Kier alpha value is -2.17. The fourth-order valence-electron chi connectivity index (χ4n) is 1.45. The van der Waals surface area contributed by atoms with Gasteiger partial charge in [-0.1, -0.05) is 0 Å². The first-order chi connectivity index (χ1) is 8.55. The number of nitrogens with one attached hydrogen (secondary N) is 2. The van der Waals surface area contributed by atoms with Crippen LogP contribution in [-0.2, 0) is 6.18 Å². The number of benzene rings is 1. The Kier molecular flexibility index (Phi) is 3.41. The fourth-order valence-corrected chi connectivity index (χ4v) is 1.45. The standard InChI is InChI=1S/C13H11F3N2/c14-13(15,16)10-3-5-12(6-4-10)18-11-2-1-8-17-9-7-11/h1-9,17-18H. The Morgan fingerprint density at radius 1 is 1.00 bits per heavy atom. The molecule has 1 aliphatic heterocycles. The monoisotopic (exact) mass is 252 g/mol. The maximum atomic E-state index is 12.4. The molecule has 0 unspecified atom stereocenters. The summed E-state index contributed by atoms with van der Waals surface area (Å²) in [5.41, 5.74) is 0.741. The molecule has 5 heteroatoms. The van der Waals surface area contributed by atoms with Crippen LogP contribution in [0.1, 0.15) is 5.56 Å². The number of hydrogen-bond acceptors (Lipinski definition) is 2. The molecule has 0 saturated carbocycles. The van der Waals surface area contributed by atoms with Crippen molar-refractivity contribution in [1.82, 2.24) is 5.32 Å². The maximum Gasteiger partial charge on any atom is 0.416 e. The molecule has 18 heavy (non-hydrogen) atoms. The quantitative estimate of drug-likeness (QED) is 0.839. The van der Waals surface area contributed by atoms with Gasteiger partial charge >= 0.3 is 6.18 Å². The van der Waals surface area contributed by atoms with E-state index in [0.29, 0.717) is 5.69 Å². The van der Waals surface area contributed by atoms with E-state index in [1.165, 1.54) is 12.1 Å². The van der Waals surface area contributed by atoms with Crippen LogP contribution in [0.15, 0.2) is 60.6 Å². The molecule has 0 atom stereocenters. The number of halogens is 3. The van der Waals surface area contributed by atoms with E-state index in [0.717, 1.165) is 17.8 Å². The summed E-state index contributed by atoms with van der Waals surface area (Å²) in [6.45, 7) is 0. The van der Waals surface area contributed by atoms with Crippen LogP contribution in [0.3, 0.4) is 0 Å². The summed E-state index contributed by atoms with van der Waals surface area (Å²) in [6, 6.07) is 4.91. The Bertz CT molecular complexity index is 496. The molecule has 0 aliphatic carbocycles. The average Bonchev–Trinajstić information content (AvgIpc) is 2.57. The van der Waals surface area contributed by atoms with Crippen molar-refractivity contribution in [3.8, 4) is 0 Å². The van der Waals surface area contributed by atoms with E-state index in [4.69, 9.17) is 0 Å². The van der Waals surface area contributed by atoms with Crippen LogP contribution in [0.5, 0.6) is 0 Å². The van der Waals surface area contributed by atoms with E-state index >= 15 is 0 Å². The van der Waals surface area contributed by atoms with Gasteiger partial charge in [-0.15, -0.1) is 0 Å². The van der Waals surface area contributed by atoms with E-state index in [9.17, 15) is 13.2 Å². The molecule has 0 aromatic heterocycles. The van der Waals surface area contributed by atoms with Crippen molar-refractivity contribution in [2.75, 3.05) is 5.32 Å². The summed E-state index contributed by atoms with van der Waals surface area (Å²) in [5, 5.41) is 5.91. The fraction of sp³-hybridized carbons (Fsp3) is 0.0769. The molecule has 1 aromatic carbocycles. The number of alkyl halides is 3. The molecule has 0 radical (unpaired) electrons. The van der Waals surface area contributed by atoms with Crippen LogP contribution >= 0.6 is 0 Å². The second kappa shape index (κ2) is 5.00. The van der Waals surface area contributed by atoms with Gasteiger partial charge in [-0.25, -0.2) is 0 Å². The second-order valence-electron chi connectivity index (χ2n) is 3.68. The van der Waals surface area contributed by atoms with Gasteiger partial charge in [0.15, 0.2) is 0 Å². The van der Waals surface area contributed by atoms with Gasteiger partial charge in [0.1, 0.15) is 0 Å². The van der Waals surface area contributed by atoms with Crippen LogP contribution in [0, 0.1) is 0 Å². The maximum absolute atomic E-state index is 12.4. The van der Waals surface area contributed by atoms with E-state index in [1.807, 2.05) is 6.08 Å². The first-order valence-corrected chi connectivity index (χ1v) is 5.29. The lowest BCUT2D eigenvalue weighted by atomic mass is 10.2. The first-order valence-electron chi connectivity index (χ1n) is 5.29. The predicted octanol–water partition coefficient (Wildman–Crippen LogP) is 3.63. The van der Waals surface area contributed by atoms with Crippen LogP contribution in [0.4, 0.5) is 18.9 Å². The Morgan fingerprint density at radius 2 is 1.72 bits per heavy atom. The second-order valence-corrected chi connectivity index (χ2v) is 3.68. The molecule has 0 fully saturated rings. The highest BCUT2D eigenvalue weighted by molar-refractivity contribution is 5.52. The normalized spacial score (nSPS) is 14.7. The van der Waals surface area contributed by atoms with Crippen molar-refractivity contribution in [2.24, 2.45) is 0 Å². The Balaban J connectivity index is 2.11. The lowest BCUT2D eigenvalue weighted by Gasteiger charge is -2.09. The molecular weight excluding hydrogens is 241 g/mol. The molecular formula is C13H11F3N2. The molecule has 1 heterocycles. The third-order valence-corrected chi connectivity index (χ3v) is 2.33. The highest BCUT2D eigenvalue weighted by atomic mass is 19.4. The van der Waals surface area contributed by atoms with E-state index < -0.39 is 11.7 Å². The smallest absolute Gasteiger partial charge is 0.368 e. The minimum atomic E-state index is -4.30. The Morgan fingerprint density at radius 3 is 2.39 bits per heavy atom. The molecule has 2 nitrogen and oxygen atoms in total. The van der Waals surface area contributed by atoms with Crippen molar-refractivity contribution in [3.63, 3.8) is 0 Å². The highest BCUT2D eigenvalue weighted by Gasteiger charge is 2.29. The molecule has 0 saturated heterocycles. The average molecular weight is 252 g/mol. The lowest BCUT2D eigenvalue weighted by molar-refractivity contribution is -0.137. The van der Waals surface area contributed by atoms with Gasteiger partial charge in [-0.2, -0.15) is 13.2 Å². The summed E-state index contributed by atoms with van der Waals surface area (Å²) in [5.74, 6) is 0. The van der Waals surface area contributed by atoms with Gasteiger partial charge in [-0.05, 0) is 42.5 Å². The summed E-state index contributed by atoms with van der Waals surface area (Å²) < 4.78 is 37.1. The minimum Gasteiger partial charge on any atom is -0.368 e. The zero-order valence-electron chi connectivity index (χ0n) is 9.33. The minimum absolute atomic E-state index is 0.606. The van der Waals surface area contributed by atoms with Gasteiger partial charge in [0.2, 0.25) is 0 Å². The summed E-state index contributed by atoms with van der Waals surface area (Å²) >= 11 is 0. The van der Waals surface area contributed by atoms with E-state index in [-0.39, 0.29) is 0 Å². The number of anilines is 1. The van der Waals surface area contributed by atoms with Crippen molar-refractivity contribution in [2.45, 2.75) is 6.18 Å². The van der Waals surface area contributed by atoms with Crippen molar-refractivity contribution < 1.29 is 13.2 Å². The van der Waals surface area contributed by atoms with E-state index in [2.05, 4.69) is 10.6 Å². The number of rotatable bonds is 2. The van der Waals surface area contributed by atoms with Crippen LogP contribution < -0.4 is 10.6 Å². The van der Waals surface area contributed by atoms with Gasteiger partial charge in [0.25, 0.3) is 0 Å². The molecule has 1 aromatic rings. The largest absolute Gasteiger partial charge is 0.416 e. The number of hydrogen-bond donors (Lipinski definition) is 2. The zero-order valence-corrected chi connectivity index (χ0v) is 9.33. The Labute approximate surface area is 103 Å². The molecule has 2 rings (SSSR count). The third-order valence-electron chi connectivity index (χ3n) is 2.33. The van der Waals surface area contributed by atoms with Crippen LogP contribution in [0.2, 0.25) is 0 Å². The summed E-state index contributed by atoms with van der Waals surface area (Å²) in [7, 11) is 0.